The molecular formula is C6H6ClHgN5O. The van der Waals surface area contributed by atoms with Crippen LogP contribution in [0.15, 0.2) is 20.0 Å². The van der Waals surface area contributed by atoms with Crippen LogP contribution < -0.4 is 5.73 Å². The quantitative estimate of drug-likeness (QED) is 0.648. The standard InChI is InChI=1S/C6H6N5O.ClH.Hg/c1-12-6-10-4(7)3-5(11-6)9-2-8-3;;/h2H,1H3,(H2,7,10);1H;/q;;+1/p-1. The predicted molar refractivity (Wildman–Crippen MR) is 50.6 cm³/mol. The van der Waals surface area contributed by atoms with Crippen LogP contribution >= 0.6 is 8.25 Å². The molecule has 0 fully saturated rings. The minimum atomic E-state index is -1.87. The molecule has 8 heteroatoms. The number of ether oxygens (including phenoxy) is 1. The maximum atomic E-state index is 5.93. The normalized spacial score (nSPS) is 28.9. The Kier molecular flexibility index (Phi) is 2.67. The van der Waals surface area contributed by atoms with Crippen LogP contribution in [-0.4, -0.2) is 34.2 Å². The Hall–Kier alpha value is -0.335. The fourth-order valence-electron chi connectivity index (χ4n) is 1.16. The van der Waals surface area contributed by atoms with Gasteiger partial charge in [0.1, 0.15) is 0 Å². The summed E-state index contributed by atoms with van der Waals surface area (Å²) in [5.74, 6) is 0.773. The number of rotatable bonds is 2. The number of amidine groups is 2. The molecule has 0 amide bonds. The fraction of sp³-hybridized carbons (Fsp3) is 0.333. The molecule has 0 saturated carbocycles. The van der Waals surface area contributed by atoms with E-state index in [0.717, 1.165) is 0 Å². The summed E-state index contributed by atoms with van der Waals surface area (Å²) in [6.07, 6.45) is 1.40. The van der Waals surface area contributed by atoms with Gasteiger partial charge in [0.05, 0.1) is 0 Å². The average Bonchev–Trinajstić information content (AvgIpc) is 2.65. The monoisotopic (exact) mass is 401 g/mol. The van der Waals surface area contributed by atoms with Crippen LogP contribution in [0.1, 0.15) is 0 Å². The molecule has 1 unspecified atom stereocenters. The van der Waals surface area contributed by atoms with Crippen LogP contribution in [0.25, 0.3) is 0 Å². The Morgan fingerprint density at radius 2 is 2.36 bits per heavy atom. The molecule has 6 nitrogen and oxygen atoms in total. The zero-order valence-electron chi connectivity index (χ0n) is 7.44. The van der Waals surface area contributed by atoms with E-state index in [-0.39, 0.29) is 0 Å². The second-order valence-corrected chi connectivity index (χ2v) is 9.70. The van der Waals surface area contributed by atoms with Gasteiger partial charge < -0.3 is 0 Å². The summed E-state index contributed by atoms with van der Waals surface area (Å²) < 4.78 is 4.26. The molecule has 2 rings (SSSR count). The van der Waals surface area contributed by atoms with Gasteiger partial charge in [-0.25, -0.2) is 0 Å². The fourth-order valence-corrected chi connectivity index (χ4v) is 5.30. The van der Waals surface area contributed by atoms with Gasteiger partial charge in [0.25, 0.3) is 0 Å². The van der Waals surface area contributed by atoms with Gasteiger partial charge >= 0.3 is 96.2 Å². The number of hydrogen-bond donors (Lipinski definition) is 1. The topological polar surface area (TPSA) is 84.7 Å². The summed E-state index contributed by atoms with van der Waals surface area (Å²) in [7, 11) is 7.45. The molecule has 0 spiro atoms. The van der Waals surface area contributed by atoms with Crippen molar-refractivity contribution in [1.82, 2.24) is 0 Å². The van der Waals surface area contributed by atoms with E-state index in [4.69, 9.17) is 18.7 Å². The van der Waals surface area contributed by atoms with Crippen LogP contribution in [-0.2, 0) is 28.1 Å². The van der Waals surface area contributed by atoms with Gasteiger partial charge in [0.2, 0.25) is 0 Å². The minimum absolute atomic E-state index is 0.301. The first kappa shape index (κ1) is 10.2. The predicted octanol–water partition coefficient (Wildman–Crippen LogP) is -0.267. The summed E-state index contributed by atoms with van der Waals surface area (Å²) in [5.41, 5.74) is 6.21. The molecule has 2 N–H and O–H groups in total. The third-order valence-corrected chi connectivity index (χ3v) is 8.66. The van der Waals surface area contributed by atoms with Crippen LogP contribution in [0.2, 0.25) is 0 Å². The number of nitrogens with two attached hydrogens (primary N) is 1. The second kappa shape index (κ2) is 3.67. The summed E-state index contributed by atoms with van der Waals surface area (Å²) in [6.45, 7) is 0. The molecule has 0 aliphatic carbocycles. The Bertz CT molecular complexity index is 384. The molecule has 2 aliphatic heterocycles. The molecule has 0 aromatic carbocycles. The van der Waals surface area contributed by atoms with E-state index in [0.29, 0.717) is 17.4 Å². The molecule has 70 valence electrons. The van der Waals surface area contributed by atoms with E-state index in [2.05, 4.69) is 20.0 Å². The van der Waals surface area contributed by atoms with Gasteiger partial charge in [-0.1, -0.05) is 0 Å². The Morgan fingerprint density at radius 1 is 1.57 bits per heavy atom. The van der Waals surface area contributed by atoms with Gasteiger partial charge in [-0.05, 0) is 0 Å². The number of hydrogen-bond acceptors (Lipinski definition) is 6. The van der Waals surface area contributed by atoms with Crippen molar-refractivity contribution in [2.24, 2.45) is 25.7 Å². The van der Waals surface area contributed by atoms with Crippen LogP contribution in [0.5, 0.6) is 0 Å². The van der Waals surface area contributed by atoms with Gasteiger partial charge in [-0.2, -0.15) is 0 Å². The van der Waals surface area contributed by atoms with Crippen molar-refractivity contribution in [3.05, 3.63) is 0 Å². The third kappa shape index (κ3) is 1.51. The van der Waals surface area contributed by atoms with Crippen molar-refractivity contribution in [2.45, 2.75) is 3.36 Å². The van der Waals surface area contributed by atoms with Gasteiger partial charge in [0, 0.05) is 0 Å². The number of aliphatic imine (C=N–C) groups is 4. The molecule has 0 radical (unpaired) electrons. The first-order chi connectivity index (χ1) is 6.71. The van der Waals surface area contributed by atoms with Gasteiger partial charge in [0.15, 0.2) is 0 Å². The first-order valence-electron chi connectivity index (χ1n) is 3.88. The van der Waals surface area contributed by atoms with Crippen molar-refractivity contribution in [3.8, 4) is 0 Å². The van der Waals surface area contributed by atoms with Crippen molar-refractivity contribution < 1.29 is 28.1 Å². The van der Waals surface area contributed by atoms with Crippen molar-refractivity contribution in [3.63, 3.8) is 0 Å². The van der Waals surface area contributed by atoms with E-state index < -0.39 is 26.7 Å². The molecule has 0 saturated heterocycles. The number of halogens is 1. The molecule has 2 aliphatic rings. The number of fused-ring (bicyclic) bond motifs is 1. The SMILES string of the molecule is CO[C]1([Hg][Cl])N=C(N)C2=NC=NC2=N1. The Labute approximate surface area is 95.9 Å². The molecule has 14 heavy (non-hydrogen) atoms. The van der Waals surface area contributed by atoms with E-state index >= 15 is 0 Å². The zero-order chi connectivity index (χ0) is 10.2. The zero-order valence-corrected chi connectivity index (χ0v) is 13.7. The third-order valence-electron chi connectivity index (χ3n) is 1.90. The first-order valence-corrected chi connectivity index (χ1v) is 13.4. The molecular weight excluding hydrogens is 394 g/mol. The maximum absolute atomic E-state index is 5.93. The van der Waals surface area contributed by atoms with Gasteiger partial charge in [-0.3, -0.25) is 0 Å². The van der Waals surface area contributed by atoms with Crippen LogP contribution in [0.4, 0.5) is 0 Å². The van der Waals surface area contributed by atoms with E-state index in [1.165, 1.54) is 13.4 Å². The van der Waals surface area contributed by atoms with Crippen molar-refractivity contribution in [1.29, 1.82) is 0 Å². The summed E-state index contributed by atoms with van der Waals surface area (Å²) in [5, 5.41) is 0. The average molecular weight is 400 g/mol. The second-order valence-electron chi connectivity index (χ2n) is 2.74. The van der Waals surface area contributed by atoms with Crippen molar-refractivity contribution in [2.75, 3.05) is 7.11 Å². The molecule has 0 aromatic heterocycles. The summed E-state index contributed by atoms with van der Waals surface area (Å²) in [4.78, 5) is 16.3. The number of methoxy groups -OCH3 is 1. The van der Waals surface area contributed by atoms with E-state index in [1.807, 2.05) is 0 Å². The van der Waals surface area contributed by atoms with Gasteiger partial charge in [-0.15, -0.1) is 0 Å². The molecule has 0 bridgehead atoms. The molecule has 0 aromatic rings. The van der Waals surface area contributed by atoms with Crippen molar-refractivity contribution >= 4 is 32.0 Å². The Balaban J connectivity index is 2.46. The molecule has 1 atom stereocenters. The van der Waals surface area contributed by atoms with Crippen LogP contribution in [0, 0.1) is 0 Å². The van der Waals surface area contributed by atoms with Crippen LogP contribution in [0.3, 0.4) is 0 Å². The summed E-state index contributed by atoms with van der Waals surface area (Å²) in [6, 6.07) is 0. The Morgan fingerprint density at radius 3 is 3.00 bits per heavy atom. The number of nitrogens with zero attached hydrogens (tertiary/aromatic N) is 4. The van der Waals surface area contributed by atoms with E-state index in [1.54, 1.807) is 0 Å². The van der Waals surface area contributed by atoms with E-state index in [9.17, 15) is 0 Å². The summed E-state index contributed by atoms with van der Waals surface area (Å²) >= 11 is -1.87. The molecule has 2 heterocycles.